The minimum absolute atomic E-state index is 0.0908. The van der Waals surface area contributed by atoms with E-state index < -0.39 is 5.54 Å². The molecule has 0 radical (unpaired) electrons. The van der Waals surface area contributed by atoms with Crippen LogP contribution in [0.4, 0.5) is 0 Å². The van der Waals surface area contributed by atoms with Gasteiger partial charge in [0.1, 0.15) is 22.8 Å². The summed E-state index contributed by atoms with van der Waals surface area (Å²) in [7, 11) is 0. The van der Waals surface area contributed by atoms with Crippen LogP contribution in [0.3, 0.4) is 0 Å². The first-order valence-electron chi connectivity index (χ1n) is 11.9. The third-order valence-electron chi connectivity index (χ3n) is 7.12. The Kier molecular flexibility index (Phi) is 5.87. The molecule has 0 bridgehead atoms. The third-order valence-corrected chi connectivity index (χ3v) is 7.12. The van der Waals surface area contributed by atoms with E-state index in [4.69, 9.17) is 8.83 Å². The van der Waals surface area contributed by atoms with Crippen molar-refractivity contribution in [1.29, 1.82) is 0 Å². The van der Waals surface area contributed by atoms with E-state index in [-0.39, 0.29) is 17.9 Å². The van der Waals surface area contributed by atoms with E-state index in [1.165, 1.54) is 12.8 Å². The largest absolute Gasteiger partial charge is 0.469 e. The van der Waals surface area contributed by atoms with Crippen molar-refractivity contribution in [3.05, 3.63) is 60.4 Å². The van der Waals surface area contributed by atoms with Gasteiger partial charge in [0.05, 0.1) is 24.8 Å². The first kappa shape index (κ1) is 21.6. The van der Waals surface area contributed by atoms with Crippen molar-refractivity contribution < 1.29 is 18.4 Å². The predicted molar refractivity (Wildman–Crippen MR) is 124 cm³/mol. The zero-order chi connectivity index (χ0) is 22.8. The van der Waals surface area contributed by atoms with Crippen LogP contribution < -0.4 is 5.32 Å². The van der Waals surface area contributed by atoms with Crippen molar-refractivity contribution in [1.82, 2.24) is 14.8 Å². The van der Waals surface area contributed by atoms with Gasteiger partial charge in [-0.1, -0.05) is 25.7 Å². The Morgan fingerprint density at radius 1 is 1.03 bits per heavy atom. The molecule has 1 atom stereocenters. The van der Waals surface area contributed by atoms with E-state index in [1.54, 1.807) is 17.4 Å². The van der Waals surface area contributed by atoms with Crippen molar-refractivity contribution in [2.24, 2.45) is 0 Å². The molecule has 1 aliphatic heterocycles. The molecular weight excluding hydrogens is 418 g/mol. The van der Waals surface area contributed by atoms with Gasteiger partial charge in [0.15, 0.2) is 0 Å². The summed E-state index contributed by atoms with van der Waals surface area (Å²) in [4.78, 5) is 29.2. The number of hydrogen-bond acceptors (Lipinski definition) is 4. The summed E-state index contributed by atoms with van der Waals surface area (Å²) in [6.07, 6.45) is 10.5. The lowest BCUT2D eigenvalue weighted by atomic mass is 9.93. The maximum atomic E-state index is 13.8. The second-order valence-corrected chi connectivity index (χ2v) is 9.39. The number of nitrogens with one attached hydrogen (secondary N) is 1. The van der Waals surface area contributed by atoms with E-state index in [0.717, 1.165) is 37.1 Å². The Morgan fingerprint density at radius 2 is 1.76 bits per heavy atom. The average Bonchev–Trinajstić information content (AvgIpc) is 3.54. The van der Waals surface area contributed by atoms with E-state index >= 15 is 0 Å². The fraction of sp³-hybridized carbons (Fsp3) is 0.462. The van der Waals surface area contributed by atoms with Crippen LogP contribution in [-0.2, 0) is 17.8 Å². The number of aromatic nitrogens is 1. The summed E-state index contributed by atoms with van der Waals surface area (Å²) >= 11 is 0. The molecule has 1 saturated carbocycles. The average molecular weight is 450 g/mol. The van der Waals surface area contributed by atoms with Gasteiger partial charge in [-0.25, -0.2) is 0 Å². The fourth-order valence-corrected chi connectivity index (χ4v) is 5.20. The monoisotopic (exact) mass is 449 g/mol. The highest BCUT2D eigenvalue weighted by molar-refractivity contribution is 6.00. The Labute approximate surface area is 193 Å². The van der Waals surface area contributed by atoms with Crippen molar-refractivity contribution >= 4 is 11.8 Å². The van der Waals surface area contributed by atoms with E-state index in [9.17, 15) is 9.59 Å². The van der Waals surface area contributed by atoms with Crippen LogP contribution >= 0.6 is 0 Å². The summed E-state index contributed by atoms with van der Waals surface area (Å²) in [6.45, 7) is 2.66. The minimum Gasteiger partial charge on any atom is -0.469 e. The molecule has 2 amide bonds. The molecule has 0 aromatic carbocycles. The van der Waals surface area contributed by atoms with Crippen LogP contribution in [0.1, 0.15) is 61.7 Å². The van der Waals surface area contributed by atoms with Crippen LogP contribution in [0.2, 0.25) is 0 Å². The van der Waals surface area contributed by atoms with E-state index in [1.807, 2.05) is 47.9 Å². The number of amides is 2. The summed E-state index contributed by atoms with van der Waals surface area (Å²) in [6, 6.07) is 11.3. The van der Waals surface area contributed by atoms with Crippen molar-refractivity contribution in [2.75, 3.05) is 6.54 Å². The highest BCUT2D eigenvalue weighted by Gasteiger charge is 2.48. The lowest BCUT2D eigenvalue weighted by molar-refractivity contribution is -0.133. The number of nitrogens with zero attached hydrogens (tertiary/aromatic N) is 2. The number of rotatable bonds is 6. The SMILES string of the molecule is C[C@@]1(C(=O)NC2CCCCCC2)Cn2c(ccc2-c2ccco2)C(=O)N1CCc1ccco1. The normalized spacial score (nSPS) is 21.6. The summed E-state index contributed by atoms with van der Waals surface area (Å²) in [5.74, 6) is 1.24. The second-order valence-electron chi connectivity index (χ2n) is 9.39. The molecule has 0 unspecified atom stereocenters. The number of hydrogen-bond donors (Lipinski definition) is 1. The van der Waals surface area contributed by atoms with E-state index in [2.05, 4.69) is 5.32 Å². The Bertz CT molecular complexity index is 1090. The Balaban J connectivity index is 1.47. The van der Waals surface area contributed by atoms with Crippen LogP contribution in [0, 0.1) is 0 Å². The van der Waals surface area contributed by atoms with Gasteiger partial charge in [-0.3, -0.25) is 9.59 Å². The lowest BCUT2D eigenvalue weighted by Gasteiger charge is -2.44. The van der Waals surface area contributed by atoms with Gasteiger partial charge < -0.3 is 23.6 Å². The summed E-state index contributed by atoms with van der Waals surface area (Å²) in [5, 5.41) is 3.30. The van der Waals surface area contributed by atoms with Crippen LogP contribution in [0.15, 0.2) is 57.8 Å². The predicted octanol–water partition coefficient (Wildman–Crippen LogP) is 4.64. The smallest absolute Gasteiger partial charge is 0.271 e. The van der Waals surface area contributed by atoms with E-state index in [0.29, 0.717) is 31.0 Å². The molecule has 4 heterocycles. The van der Waals surface area contributed by atoms with Crippen LogP contribution in [0.25, 0.3) is 11.5 Å². The molecule has 1 aliphatic carbocycles. The zero-order valence-electron chi connectivity index (χ0n) is 19.1. The highest BCUT2D eigenvalue weighted by atomic mass is 16.3. The fourth-order valence-electron chi connectivity index (χ4n) is 5.20. The van der Waals surface area contributed by atoms with Crippen LogP contribution in [-0.4, -0.2) is 39.4 Å². The molecular formula is C26H31N3O4. The Hall–Kier alpha value is -3.22. The Morgan fingerprint density at radius 3 is 2.45 bits per heavy atom. The van der Waals surface area contributed by atoms with Gasteiger partial charge in [0.25, 0.3) is 5.91 Å². The molecule has 0 spiro atoms. The van der Waals surface area contributed by atoms with Gasteiger partial charge in [-0.15, -0.1) is 0 Å². The van der Waals surface area contributed by atoms with Crippen molar-refractivity contribution in [2.45, 2.75) is 70.0 Å². The van der Waals surface area contributed by atoms with Gasteiger partial charge in [-0.05, 0) is 56.2 Å². The molecule has 2 aliphatic rings. The molecule has 174 valence electrons. The summed E-state index contributed by atoms with van der Waals surface area (Å²) < 4.78 is 13.0. The van der Waals surface area contributed by atoms with Crippen LogP contribution in [0.5, 0.6) is 0 Å². The van der Waals surface area contributed by atoms with Gasteiger partial charge in [0.2, 0.25) is 5.91 Å². The topological polar surface area (TPSA) is 80.6 Å². The molecule has 5 rings (SSSR count). The van der Waals surface area contributed by atoms with Gasteiger partial charge in [-0.2, -0.15) is 0 Å². The molecule has 0 saturated heterocycles. The number of carbonyl (C=O) groups excluding carboxylic acids is 2. The maximum absolute atomic E-state index is 13.8. The van der Waals surface area contributed by atoms with Crippen molar-refractivity contribution in [3.8, 4) is 11.5 Å². The number of furan rings is 2. The molecule has 3 aromatic heterocycles. The minimum atomic E-state index is -1.02. The number of carbonyl (C=O) groups is 2. The molecule has 7 heteroatoms. The molecule has 1 N–H and O–H groups in total. The van der Waals surface area contributed by atoms with Gasteiger partial charge >= 0.3 is 0 Å². The molecule has 7 nitrogen and oxygen atoms in total. The molecule has 3 aromatic rings. The molecule has 1 fully saturated rings. The number of fused-ring (bicyclic) bond motifs is 1. The first-order valence-corrected chi connectivity index (χ1v) is 11.9. The quantitative estimate of drug-likeness (QED) is 0.556. The van der Waals surface area contributed by atoms with Crippen molar-refractivity contribution in [3.63, 3.8) is 0 Å². The van der Waals surface area contributed by atoms with Gasteiger partial charge in [0, 0.05) is 19.0 Å². The second kappa shape index (κ2) is 8.96. The highest BCUT2D eigenvalue weighted by Crippen LogP contribution is 2.34. The first-order chi connectivity index (χ1) is 16.1. The summed E-state index contributed by atoms with van der Waals surface area (Å²) in [5.41, 5.74) is 0.353. The zero-order valence-corrected chi connectivity index (χ0v) is 19.1. The lowest BCUT2D eigenvalue weighted by Crippen LogP contribution is -2.65. The third kappa shape index (κ3) is 4.12. The maximum Gasteiger partial charge on any atom is 0.271 e. The molecule has 33 heavy (non-hydrogen) atoms. The standard InChI is InChI=1S/C26H31N3O4/c1-26(25(31)27-19-8-4-2-3-5-9-19)18-28-21(23-11-7-17-33-23)12-13-22(28)24(30)29(26)15-14-20-10-6-16-32-20/h6-7,10-13,16-17,19H,2-5,8-9,14-15,18H2,1H3,(H,27,31)/t26-/m0/s1.